The minimum atomic E-state index is -0.313. The Bertz CT molecular complexity index is 1110. The van der Waals surface area contributed by atoms with Crippen molar-refractivity contribution in [3.05, 3.63) is 57.6 Å². The molecular formula is C23H26FN5OS. The molecule has 1 saturated heterocycles. The molecule has 3 aromatic rings. The first-order valence-corrected chi connectivity index (χ1v) is 11.2. The molecule has 0 N–H and O–H groups in total. The average Bonchev–Trinajstić information content (AvgIpc) is 3.10. The molecule has 0 aliphatic carbocycles. The highest BCUT2D eigenvalue weighted by Gasteiger charge is 2.33. The fourth-order valence-electron chi connectivity index (χ4n) is 4.05. The van der Waals surface area contributed by atoms with Gasteiger partial charge in [0.05, 0.1) is 22.4 Å². The molecule has 1 fully saturated rings. The highest BCUT2D eigenvalue weighted by atomic mass is 32.1. The third-order valence-electron chi connectivity index (χ3n) is 5.52. The summed E-state index contributed by atoms with van der Waals surface area (Å²) in [6.45, 7) is 4.45. The van der Waals surface area contributed by atoms with Gasteiger partial charge in [-0.1, -0.05) is 12.1 Å². The largest absolute Gasteiger partial charge is 0.347 e. The van der Waals surface area contributed by atoms with E-state index in [1.807, 2.05) is 43.8 Å². The molecule has 3 heterocycles. The number of nitrogens with zero attached hydrogens (tertiary/aromatic N) is 5. The van der Waals surface area contributed by atoms with Gasteiger partial charge in [-0.25, -0.2) is 19.3 Å². The summed E-state index contributed by atoms with van der Waals surface area (Å²) in [5.74, 6) is 0.244. The van der Waals surface area contributed by atoms with Gasteiger partial charge < -0.3 is 9.80 Å². The minimum absolute atomic E-state index is 0.0111. The number of amides is 1. The van der Waals surface area contributed by atoms with Crippen LogP contribution in [0.1, 0.15) is 51.4 Å². The summed E-state index contributed by atoms with van der Waals surface area (Å²) in [5.41, 5.74) is 2.99. The molecule has 0 unspecified atom stereocenters. The van der Waals surface area contributed by atoms with Crippen LogP contribution in [0.5, 0.6) is 0 Å². The third kappa shape index (κ3) is 4.30. The molecule has 4 rings (SSSR count). The predicted molar refractivity (Wildman–Crippen MR) is 121 cm³/mol. The van der Waals surface area contributed by atoms with Crippen molar-refractivity contribution < 1.29 is 9.18 Å². The van der Waals surface area contributed by atoms with Gasteiger partial charge in [-0.2, -0.15) is 0 Å². The first-order valence-electron chi connectivity index (χ1n) is 10.4. The Morgan fingerprint density at radius 1 is 1.23 bits per heavy atom. The van der Waals surface area contributed by atoms with Crippen LogP contribution in [0.25, 0.3) is 11.1 Å². The SMILES string of the molecule is Cc1nc(C)c(C(=O)N2CCCC[C@H]2c2nc(N(C)C)ncc2-c2cccc(F)c2)s1. The van der Waals surface area contributed by atoms with Gasteiger partial charge in [0, 0.05) is 32.4 Å². The van der Waals surface area contributed by atoms with Gasteiger partial charge in [0.1, 0.15) is 10.7 Å². The van der Waals surface area contributed by atoms with Gasteiger partial charge in [-0.3, -0.25) is 4.79 Å². The lowest BCUT2D eigenvalue weighted by Crippen LogP contribution is -2.39. The van der Waals surface area contributed by atoms with E-state index in [4.69, 9.17) is 4.98 Å². The molecule has 1 amide bonds. The van der Waals surface area contributed by atoms with E-state index in [1.165, 1.54) is 23.5 Å². The number of anilines is 1. The Morgan fingerprint density at radius 2 is 2.03 bits per heavy atom. The zero-order valence-corrected chi connectivity index (χ0v) is 19.0. The second-order valence-electron chi connectivity index (χ2n) is 8.03. The molecule has 1 atom stereocenters. The molecule has 0 bridgehead atoms. The lowest BCUT2D eigenvalue weighted by atomic mass is 9.93. The lowest BCUT2D eigenvalue weighted by Gasteiger charge is -2.36. The monoisotopic (exact) mass is 439 g/mol. The molecule has 8 heteroatoms. The van der Waals surface area contributed by atoms with E-state index in [0.29, 0.717) is 22.9 Å². The Labute approximate surface area is 185 Å². The van der Waals surface area contributed by atoms with Crippen LogP contribution in [0.4, 0.5) is 10.3 Å². The number of halogens is 1. The summed E-state index contributed by atoms with van der Waals surface area (Å²) in [4.78, 5) is 31.7. The summed E-state index contributed by atoms with van der Waals surface area (Å²) in [7, 11) is 3.77. The van der Waals surface area contributed by atoms with Crippen molar-refractivity contribution in [3.8, 4) is 11.1 Å². The Balaban J connectivity index is 1.82. The molecule has 0 radical (unpaired) electrons. The first-order chi connectivity index (χ1) is 14.8. The van der Waals surface area contributed by atoms with Crippen LogP contribution in [-0.2, 0) is 0 Å². The normalized spacial score (nSPS) is 16.4. The highest BCUT2D eigenvalue weighted by molar-refractivity contribution is 7.13. The van der Waals surface area contributed by atoms with Gasteiger partial charge in [-0.15, -0.1) is 11.3 Å². The third-order valence-corrected chi connectivity index (χ3v) is 6.58. The number of likely N-dealkylation sites (tertiary alicyclic amines) is 1. The fourth-order valence-corrected chi connectivity index (χ4v) is 4.93. The first kappa shape index (κ1) is 21.4. The van der Waals surface area contributed by atoms with Crippen molar-refractivity contribution in [2.24, 2.45) is 0 Å². The molecule has 1 aromatic carbocycles. The molecule has 162 valence electrons. The van der Waals surface area contributed by atoms with Crippen molar-refractivity contribution >= 4 is 23.2 Å². The van der Waals surface area contributed by atoms with E-state index < -0.39 is 0 Å². The maximum atomic E-state index is 14.0. The van der Waals surface area contributed by atoms with E-state index in [-0.39, 0.29) is 17.8 Å². The van der Waals surface area contributed by atoms with E-state index in [2.05, 4.69) is 9.97 Å². The molecule has 2 aromatic heterocycles. The van der Waals surface area contributed by atoms with Crippen LogP contribution < -0.4 is 4.90 Å². The molecule has 6 nitrogen and oxygen atoms in total. The Hall–Kier alpha value is -2.87. The standard InChI is InChI=1S/C23H26FN5OS/c1-14-21(31-15(2)26-14)22(30)29-11-6-5-10-19(29)20-18(13-25-23(27-20)28(3)4)16-8-7-9-17(24)12-16/h7-9,12-13,19H,5-6,10-11H2,1-4H3/t19-/m0/s1. The summed E-state index contributed by atoms with van der Waals surface area (Å²) in [6.07, 6.45) is 4.49. The van der Waals surface area contributed by atoms with Crippen LogP contribution in [-0.4, -0.2) is 46.4 Å². The van der Waals surface area contributed by atoms with Gasteiger partial charge in [0.15, 0.2) is 0 Å². The smallest absolute Gasteiger partial charge is 0.266 e. The summed E-state index contributed by atoms with van der Waals surface area (Å²) in [5, 5.41) is 0.881. The maximum absolute atomic E-state index is 14.0. The minimum Gasteiger partial charge on any atom is -0.347 e. The van der Waals surface area contributed by atoms with E-state index in [0.717, 1.165) is 41.2 Å². The van der Waals surface area contributed by atoms with E-state index in [1.54, 1.807) is 12.3 Å². The van der Waals surface area contributed by atoms with Crippen LogP contribution in [0.3, 0.4) is 0 Å². The molecular weight excluding hydrogens is 413 g/mol. The van der Waals surface area contributed by atoms with Crippen LogP contribution in [0, 0.1) is 19.7 Å². The molecule has 0 spiro atoms. The van der Waals surface area contributed by atoms with Gasteiger partial charge in [-0.05, 0) is 50.8 Å². The summed E-state index contributed by atoms with van der Waals surface area (Å²) in [6, 6.07) is 6.24. The quantitative estimate of drug-likeness (QED) is 0.585. The van der Waals surface area contributed by atoms with Crippen LogP contribution in [0.2, 0.25) is 0 Å². The zero-order chi connectivity index (χ0) is 22.1. The zero-order valence-electron chi connectivity index (χ0n) is 18.2. The highest BCUT2D eigenvalue weighted by Crippen LogP contribution is 2.38. The number of thiazole rings is 1. The van der Waals surface area contributed by atoms with E-state index in [9.17, 15) is 9.18 Å². The number of hydrogen-bond acceptors (Lipinski definition) is 6. The van der Waals surface area contributed by atoms with Gasteiger partial charge in [0.2, 0.25) is 5.95 Å². The van der Waals surface area contributed by atoms with Crippen molar-refractivity contribution in [3.63, 3.8) is 0 Å². The Morgan fingerprint density at radius 3 is 2.71 bits per heavy atom. The topological polar surface area (TPSA) is 62.2 Å². The number of aryl methyl sites for hydroxylation is 2. The fraction of sp³-hybridized carbons (Fsp3) is 0.391. The van der Waals surface area contributed by atoms with Crippen molar-refractivity contribution in [1.82, 2.24) is 19.9 Å². The number of hydrogen-bond donors (Lipinski definition) is 0. The number of aromatic nitrogens is 3. The predicted octanol–water partition coefficient (Wildman–Crippen LogP) is 4.79. The Kier molecular flexibility index (Phi) is 6.00. The van der Waals surface area contributed by atoms with Crippen molar-refractivity contribution in [2.45, 2.75) is 39.2 Å². The lowest BCUT2D eigenvalue weighted by molar-refractivity contribution is 0.0611. The number of piperidine rings is 1. The number of benzene rings is 1. The summed E-state index contributed by atoms with van der Waals surface area (Å²) < 4.78 is 14.0. The van der Waals surface area contributed by atoms with Gasteiger partial charge in [0.25, 0.3) is 5.91 Å². The van der Waals surface area contributed by atoms with E-state index >= 15 is 0 Å². The molecule has 31 heavy (non-hydrogen) atoms. The summed E-state index contributed by atoms with van der Waals surface area (Å²) >= 11 is 1.43. The van der Waals surface area contributed by atoms with Crippen molar-refractivity contribution in [1.29, 1.82) is 0 Å². The number of carbonyl (C=O) groups is 1. The van der Waals surface area contributed by atoms with Crippen LogP contribution in [0.15, 0.2) is 30.5 Å². The molecule has 0 saturated carbocycles. The maximum Gasteiger partial charge on any atom is 0.266 e. The second-order valence-corrected chi connectivity index (χ2v) is 9.23. The average molecular weight is 440 g/mol. The number of carbonyl (C=O) groups excluding carboxylic acids is 1. The number of rotatable bonds is 4. The molecule has 1 aliphatic rings. The van der Waals surface area contributed by atoms with Crippen LogP contribution >= 0.6 is 11.3 Å². The second kappa shape index (κ2) is 8.70. The van der Waals surface area contributed by atoms with Gasteiger partial charge >= 0.3 is 0 Å². The van der Waals surface area contributed by atoms with Crippen molar-refractivity contribution in [2.75, 3.05) is 25.5 Å². The molecule has 1 aliphatic heterocycles.